The van der Waals surface area contributed by atoms with E-state index in [1.807, 2.05) is 24.3 Å². The zero-order valence-corrected chi connectivity index (χ0v) is 23.4. The molecule has 0 amide bonds. The van der Waals surface area contributed by atoms with Crippen LogP contribution in [0.5, 0.6) is 5.75 Å². The molecule has 0 aromatic heterocycles. The smallest absolute Gasteiger partial charge is 0.311 e. The number of hydrogen-bond acceptors (Lipinski definition) is 7. The van der Waals surface area contributed by atoms with E-state index in [2.05, 4.69) is 13.5 Å². The van der Waals surface area contributed by atoms with Crippen LogP contribution in [-0.4, -0.2) is 56.5 Å². The Labute approximate surface area is 218 Å². The maximum atomic E-state index is 12.5. The van der Waals surface area contributed by atoms with Crippen LogP contribution < -0.4 is 4.74 Å². The number of methoxy groups -OCH3 is 2. The monoisotopic (exact) mass is 508 g/mol. The Morgan fingerprint density at radius 2 is 1.78 bits per heavy atom. The van der Waals surface area contributed by atoms with E-state index in [-0.39, 0.29) is 31.4 Å². The number of carbonyl (C=O) groups is 1. The van der Waals surface area contributed by atoms with Crippen LogP contribution in [0.2, 0.25) is 0 Å². The minimum absolute atomic E-state index is 0.0470. The molecule has 7 heteroatoms. The number of hydrogen-bond donors (Lipinski definition) is 1. The fraction of sp³-hybridized carbons (Fsp3) is 0.690. The first-order valence-corrected chi connectivity index (χ1v) is 12.9. The molecule has 0 unspecified atom stereocenters. The Hall–Kier alpha value is -1.93. The Balaban J connectivity index is 3.16. The molecule has 0 saturated heterocycles. The lowest BCUT2D eigenvalue weighted by Crippen LogP contribution is -2.53. The van der Waals surface area contributed by atoms with Gasteiger partial charge >= 0.3 is 5.97 Å². The van der Waals surface area contributed by atoms with Crippen LogP contribution in [0.25, 0.3) is 0 Å². The van der Waals surface area contributed by atoms with Crippen molar-refractivity contribution in [3.05, 3.63) is 42.5 Å². The first-order chi connectivity index (χ1) is 17.0. The molecule has 0 heterocycles. The van der Waals surface area contributed by atoms with Gasteiger partial charge in [0.05, 0.1) is 31.3 Å². The summed E-state index contributed by atoms with van der Waals surface area (Å²) in [6.07, 6.45) is 4.95. The number of carbonyl (C=O) groups excluding carboxylic acids is 1. The average Bonchev–Trinajstić information content (AvgIpc) is 2.86. The van der Waals surface area contributed by atoms with Crippen LogP contribution in [0.15, 0.2) is 36.9 Å². The fourth-order valence-corrected chi connectivity index (χ4v) is 3.90. The maximum absolute atomic E-state index is 12.5. The van der Waals surface area contributed by atoms with Crippen molar-refractivity contribution in [2.75, 3.05) is 27.6 Å². The van der Waals surface area contributed by atoms with Crippen molar-refractivity contribution in [2.45, 2.75) is 91.1 Å². The second-order valence-corrected chi connectivity index (χ2v) is 10.5. The maximum Gasteiger partial charge on any atom is 0.311 e. The number of benzene rings is 1. The molecule has 0 aliphatic heterocycles. The van der Waals surface area contributed by atoms with Crippen molar-refractivity contribution in [3.63, 3.8) is 0 Å². The Morgan fingerprint density at radius 1 is 1.11 bits per heavy atom. The van der Waals surface area contributed by atoms with E-state index in [1.165, 1.54) is 7.11 Å². The lowest BCUT2D eigenvalue weighted by molar-refractivity contribution is -0.216. The van der Waals surface area contributed by atoms with Gasteiger partial charge in [0, 0.05) is 13.0 Å². The largest absolute Gasteiger partial charge is 0.497 e. The van der Waals surface area contributed by atoms with Crippen molar-refractivity contribution >= 4 is 5.97 Å². The van der Waals surface area contributed by atoms with E-state index in [0.29, 0.717) is 13.0 Å². The Morgan fingerprint density at radius 3 is 2.31 bits per heavy atom. The average molecular weight is 509 g/mol. The minimum Gasteiger partial charge on any atom is -0.497 e. The summed E-state index contributed by atoms with van der Waals surface area (Å²) < 4.78 is 28.3. The quantitative estimate of drug-likeness (QED) is 0.118. The van der Waals surface area contributed by atoms with Crippen molar-refractivity contribution in [1.82, 2.24) is 0 Å². The number of rotatable bonds is 18. The third kappa shape index (κ3) is 10.6. The lowest BCUT2D eigenvalue weighted by atomic mass is 9.81. The highest BCUT2D eigenvalue weighted by Gasteiger charge is 2.44. The molecule has 206 valence electrons. The predicted molar refractivity (Wildman–Crippen MR) is 142 cm³/mol. The third-order valence-electron chi connectivity index (χ3n) is 6.27. The highest BCUT2D eigenvalue weighted by molar-refractivity contribution is 5.75. The van der Waals surface area contributed by atoms with Gasteiger partial charge in [0.15, 0.2) is 0 Å². The standard InChI is InChI=1S/C29H48O7/c1-9-11-12-14-25(34-19-22-15-17-23(33-8)18-16-22)24(13-10-2)26(30)29(6,36-21-32-7)20-35-27(31)28(3,4)5/h10,15-18,24-26,30H,2,9,11-14,19-21H2,1,3-8H3/t24-,25+,26+,29+/m1/s1. The first-order valence-electron chi connectivity index (χ1n) is 12.9. The molecule has 36 heavy (non-hydrogen) atoms. The zero-order chi connectivity index (χ0) is 27.2. The molecule has 0 saturated carbocycles. The van der Waals surface area contributed by atoms with Gasteiger partial charge in [-0.05, 0) is 58.2 Å². The van der Waals surface area contributed by atoms with Gasteiger partial charge in [-0.2, -0.15) is 0 Å². The summed E-state index contributed by atoms with van der Waals surface area (Å²) in [4.78, 5) is 12.5. The number of esters is 1. The van der Waals surface area contributed by atoms with Gasteiger partial charge in [0.1, 0.15) is 24.8 Å². The van der Waals surface area contributed by atoms with Gasteiger partial charge in [-0.15, -0.1) is 6.58 Å². The van der Waals surface area contributed by atoms with Crippen LogP contribution in [0.4, 0.5) is 0 Å². The molecule has 0 aliphatic carbocycles. The van der Waals surface area contributed by atoms with Gasteiger partial charge in [0.2, 0.25) is 0 Å². The third-order valence-corrected chi connectivity index (χ3v) is 6.27. The molecule has 0 aliphatic rings. The summed E-state index contributed by atoms with van der Waals surface area (Å²) in [5.74, 6) is 0.0966. The molecule has 0 fully saturated rings. The first kappa shape index (κ1) is 32.1. The van der Waals surface area contributed by atoms with Crippen molar-refractivity contribution in [2.24, 2.45) is 11.3 Å². The summed E-state index contributed by atoms with van der Waals surface area (Å²) in [7, 11) is 3.15. The minimum atomic E-state index is -1.20. The number of ether oxygens (including phenoxy) is 5. The molecule has 1 aromatic carbocycles. The second kappa shape index (κ2) is 16.0. The fourth-order valence-electron chi connectivity index (χ4n) is 3.90. The van der Waals surface area contributed by atoms with Gasteiger partial charge in [-0.3, -0.25) is 4.79 Å². The van der Waals surface area contributed by atoms with Crippen molar-refractivity contribution in [1.29, 1.82) is 0 Å². The Bertz CT molecular complexity index is 756. The summed E-state index contributed by atoms with van der Waals surface area (Å²) in [6, 6.07) is 7.75. The van der Waals surface area contributed by atoms with E-state index in [1.54, 1.807) is 40.9 Å². The number of unbranched alkanes of at least 4 members (excludes halogenated alkanes) is 2. The summed E-state index contributed by atoms with van der Waals surface area (Å²) in [5.41, 5.74) is -0.852. The summed E-state index contributed by atoms with van der Waals surface area (Å²) in [5, 5.41) is 11.7. The van der Waals surface area contributed by atoms with Crippen LogP contribution in [-0.2, 0) is 30.3 Å². The highest BCUT2D eigenvalue weighted by Crippen LogP contribution is 2.32. The summed E-state index contributed by atoms with van der Waals surface area (Å²) >= 11 is 0. The van der Waals surface area contributed by atoms with E-state index in [4.69, 9.17) is 23.7 Å². The molecule has 0 bridgehead atoms. The van der Waals surface area contributed by atoms with Crippen LogP contribution in [0.1, 0.15) is 72.3 Å². The van der Waals surface area contributed by atoms with Crippen molar-refractivity contribution in [3.8, 4) is 5.75 Å². The molecule has 4 atom stereocenters. The number of aliphatic hydroxyl groups is 1. The van der Waals surface area contributed by atoms with Crippen molar-refractivity contribution < 1.29 is 33.6 Å². The predicted octanol–water partition coefficient (Wildman–Crippen LogP) is 5.68. The van der Waals surface area contributed by atoms with Crippen LogP contribution in [0.3, 0.4) is 0 Å². The molecule has 1 aromatic rings. The summed E-state index contributed by atoms with van der Waals surface area (Å²) in [6.45, 7) is 13.4. The normalized spacial score (nSPS) is 16.0. The van der Waals surface area contributed by atoms with Gasteiger partial charge in [0.25, 0.3) is 0 Å². The number of allylic oxidation sites excluding steroid dienone is 1. The van der Waals surface area contributed by atoms with Crippen LogP contribution in [0, 0.1) is 11.3 Å². The van der Waals surface area contributed by atoms with Gasteiger partial charge < -0.3 is 28.8 Å². The van der Waals surface area contributed by atoms with E-state index in [9.17, 15) is 9.90 Å². The topological polar surface area (TPSA) is 83.5 Å². The lowest BCUT2D eigenvalue weighted by Gasteiger charge is -2.41. The molecular weight excluding hydrogens is 460 g/mol. The molecular formula is C29H48O7. The molecule has 1 N–H and O–H groups in total. The van der Waals surface area contributed by atoms with E-state index < -0.39 is 17.1 Å². The molecule has 0 spiro atoms. The van der Waals surface area contributed by atoms with E-state index >= 15 is 0 Å². The van der Waals surface area contributed by atoms with E-state index in [0.717, 1.165) is 37.0 Å². The van der Waals surface area contributed by atoms with Crippen LogP contribution >= 0.6 is 0 Å². The van der Waals surface area contributed by atoms with Gasteiger partial charge in [-0.25, -0.2) is 0 Å². The SMILES string of the molecule is C=CC[C@H]([C@H](CCCCC)OCc1ccc(OC)cc1)[C@H](O)[C@](C)(COC(=O)C(C)(C)C)OCOC. The van der Waals surface area contributed by atoms with Gasteiger partial charge in [-0.1, -0.05) is 44.4 Å². The second-order valence-electron chi connectivity index (χ2n) is 10.5. The molecule has 1 rings (SSSR count). The molecule has 7 nitrogen and oxygen atoms in total. The number of aliphatic hydroxyl groups excluding tert-OH is 1. The zero-order valence-electron chi connectivity index (χ0n) is 23.4. The highest BCUT2D eigenvalue weighted by atomic mass is 16.7. The molecule has 0 radical (unpaired) electrons. The Kier molecular flexibility index (Phi) is 14.3.